The van der Waals surface area contributed by atoms with E-state index in [0.717, 1.165) is 18.0 Å². The Morgan fingerprint density at radius 1 is 1.33 bits per heavy atom. The van der Waals surface area contributed by atoms with Gasteiger partial charge in [0, 0.05) is 10.6 Å². The summed E-state index contributed by atoms with van der Waals surface area (Å²) in [7, 11) is -3.69. The second-order valence-electron chi connectivity index (χ2n) is 5.89. The van der Waals surface area contributed by atoms with Crippen LogP contribution in [0.15, 0.2) is 29.2 Å². The van der Waals surface area contributed by atoms with Crippen molar-refractivity contribution in [2.75, 3.05) is 10.6 Å². The molecule has 0 radical (unpaired) electrons. The van der Waals surface area contributed by atoms with E-state index in [1.165, 1.54) is 29.1 Å². The first-order chi connectivity index (χ1) is 11.3. The fourth-order valence-electron chi connectivity index (χ4n) is 2.58. The van der Waals surface area contributed by atoms with Crippen LogP contribution in [0.3, 0.4) is 0 Å². The molecule has 24 heavy (non-hydrogen) atoms. The number of hydrogen-bond donors (Lipinski definition) is 3. The van der Waals surface area contributed by atoms with Gasteiger partial charge in [0.1, 0.15) is 0 Å². The molecule has 4 N–H and O–H groups in total. The van der Waals surface area contributed by atoms with Gasteiger partial charge in [-0.3, -0.25) is 0 Å². The van der Waals surface area contributed by atoms with Gasteiger partial charge >= 0.3 is 0 Å². The van der Waals surface area contributed by atoms with Gasteiger partial charge in [0.2, 0.25) is 10.0 Å². The summed E-state index contributed by atoms with van der Waals surface area (Å²) in [4.78, 5) is 5.99. The molecule has 0 saturated heterocycles. The molecule has 2 aromatic rings. The van der Waals surface area contributed by atoms with E-state index in [4.69, 9.17) is 17.4 Å². The topological polar surface area (TPSA) is 97.1 Å². The Morgan fingerprint density at radius 3 is 2.71 bits per heavy atom. The number of aromatic nitrogens is 1. The van der Waals surface area contributed by atoms with Crippen molar-refractivity contribution in [3.63, 3.8) is 0 Å². The Labute approximate surface area is 150 Å². The molecule has 0 fully saturated rings. The van der Waals surface area contributed by atoms with Gasteiger partial charge in [0.25, 0.3) is 0 Å². The Bertz CT molecular complexity index is 859. The second kappa shape index (κ2) is 6.75. The van der Waals surface area contributed by atoms with Crippen molar-refractivity contribution in [2.24, 2.45) is 11.1 Å². The molecule has 1 atom stereocenters. The summed E-state index contributed by atoms with van der Waals surface area (Å²) < 4.78 is 22.5. The van der Waals surface area contributed by atoms with Crippen molar-refractivity contribution >= 4 is 49.5 Å². The summed E-state index contributed by atoms with van der Waals surface area (Å²) >= 11 is 6.93. The molecule has 1 aliphatic rings. The number of primary sulfonamides is 1. The predicted molar refractivity (Wildman–Crippen MR) is 101 cm³/mol. The van der Waals surface area contributed by atoms with Crippen LogP contribution in [0.4, 0.5) is 10.8 Å². The van der Waals surface area contributed by atoms with E-state index in [0.29, 0.717) is 16.7 Å². The minimum absolute atomic E-state index is 0.0636. The molecule has 1 aromatic carbocycles. The van der Waals surface area contributed by atoms with Crippen LogP contribution in [0.25, 0.3) is 0 Å². The summed E-state index contributed by atoms with van der Waals surface area (Å²) in [5, 5.41) is 12.4. The lowest BCUT2D eigenvalue weighted by atomic mass is 9.93. The van der Waals surface area contributed by atoms with Gasteiger partial charge in [0.15, 0.2) is 10.2 Å². The maximum Gasteiger partial charge on any atom is 0.238 e. The van der Waals surface area contributed by atoms with Gasteiger partial charge in [-0.1, -0.05) is 6.92 Å². The normalized spacial score (nSPS) is 17.2. The highest BCUT2D eigenvalue weighted by atomic mass is 32.2. The van der Waals surface area contributed by atoms with Crippen molar-refractivity contribution < 1.29 is 8.42 Å². The zero-order chi connectivity index (χ0) is 17.3. The van der Waals surface area contributed by atoms with Crippen LogP contribution >= 0.6 is 23.6 Å². The number of nitrogens with zero attached hydrogens (tertiary/aromatic N) is 1. The van der Waals surface area contributed by atoms with E-state index in [1.807, 2.05) is 0 Å². The summed E-state index contributed by atoms with van der Waals surface area (Å²) in [6.45, 7) is 2.26. The van der Waals surface area contributed by atoms with Crippen molar-refractivity contribution in [1.29, 1.82) is 0 Å². The monoisotopic (exact) mass is 382 g/mol. The highest BCUT2D eigenvalue weighted by molar-refractivity contribution is 7.89. The third kappa shape index (κ3) is 4.10. The molecular weight excluding hydrogens is 364 g/mol. The number of thiocarbonyl (C=S) groups is 1. The SMILES string of the molecule is CC1CCc2nc(NC(=S)Nc3ccc(S(N)(=O)=O)cc3)sc2C1. The first kappa shape index (κ1) is 17.3. The number of nitrogens with one attached hydrogen (secondary N) is 2. The van der Waals surface area contributed by atoms with Crippen LogP contribution in [-0.2, 0) is 22.9 Å². The van der Waals surface area contributed by atoms with Crippen LogP contribution in [0, 0.1) is 5.92 Å². The van der Waals surface area contributed by atoms with Crippen LogP contribution in [0.2, 0.25) is 0 Å². The number of aryl methyl sites for hydroxylation is 1. The van der Waals surface area contributed by atoms with E-state index in [-0.39, 0.29) is 4.90 Å². The number of sulfonamides is 1. The number of benzene rings is 1. The van der Waals surface area contributed by atoms with E-state index >= 15 is 0 Å². The van der Waals surface area contributed by atoms with Gasteiger partial charge in [-0.2, -0.15) is 0 Å². The Kier molecular flexibility index (Phi) is 4.86. The van der Waals surface area contributed by atoms with Gasteiger partial charge in [0.05, 0.1) is 10.6 Å². The smallest absolute Gasteiger partial charge is 0.238 e. The summed E-state index contributed by atoms with van der Waals surface area (Å²) in [5.74, 6) is 0.702. The molecule has 9 heteroatoms. The van der Waals surface area contributed by atoms with Crippen molar-refractivity contribution in [3.05, 3.63) is 34.8 Å². The van der Waals surface area contributed by atoms with Gasteiger partial charge < -0.3 is 10.6 Å². The summed E-state index contributed by atoms with van der Waals surface area (Å²) in [6.07, 6.45) is 3.27. The van der Waals surface area contributed by atoms with Crippen molar-refractivity contribution in [1.82, 2.24) is 4.98 Å². The number of hydrogen-bond acceptors (Lipinski definition) is 5. The van der Waals surface area contributed by atoms with Gasteiger partial charge in [-0.05, 0) is 61.7 Å². The summed E-state index contributed by atoms with van der Waals surface area (Å²) in [5.41, 5.74) is 1.84. The fourth-order valence-corrected chi connectivity index (χ4v) is 4.55. The zero-order valence-corrected chi connectivity index (χ0v) is 15.5. The minimum atomic E-state index is -3.69. The molecule has 128 valence electrons. The predicted octanol–water partition coefficient (Wildman–Crippen LogP) is 2.72. The highest BCUT2D eigenvalue weighted by Gasteiger charge is 2.20. The van der Waals surface area contributed by atoms with Crippen LogP contribution < -0.4 is 15.8 Å². The number of thiazole rings is 1. The number of fused-ring (bicyclic) bond motifs is 1. The lowest BCUT2D eigenvalue weighted by molar-refractivity contribution is 0.502. The Balaban J connectivity index is 1.64. The third-order valence-electron chi connectivity index (χ3n) is 3.85. The molecular formula is C15H18N4O2S3. The molecule has 0 spiro atoms. The van der Waals surface area contributed by atoms with E-state index in [9.17, 15) is 8.42 Å². The largest absolute Gasteiger partial charge is 0.332 e. The highest BCUT2D eigenvalue weighted by Crippen LogP contribution is 2.32. The number of anilines is 2. The van der Waals surface area contributed by atoms with Crippen LogP contribution in [-0.4, -0.2) is 18.5 Å². The lowest BCUT2D eigenvalue weighted by Gasteiger charge is -2.15. The van der Waals surface area contributed by atoms with Gasteiger partial charge in [-0.15, -0.1) is 11.3 Å². The molecule has 6 nitrogen and oxygen atoms in total. The van der Waals surface area contributed by atoms with E-state index in [1.54, 1.807) is 23.5 Å². The van der Waals surface area contributed by atoms with Crippen LogP contribution in [0.1, 0.15) is 23.9 Å². The fraction of sp³-hybridized carbons (Fsp3) is 0.333. The first-order valence-electron chi connectivity index (χ1n) is 7.51. The molecule has 0 aliphatic heterocycles. The Hall–Kier alpha value is -1.55. The molecule has 1 unspecified atom stereocenters. The average molecular weight is 383 g/mol. The van der Waals surface area contributed by atoms with Crippen molar-refractivity contribution in [3.8, 4) is 0 Å². The standard InChI is InChI=1S/C15H18N4O2S3/c1-9-2-7-12-13(8-9)23-15(18-12)19-14(22)17-10-3-5-11(6-4-10)24(16,20)21/h3-6,9H,2,7-8H2,1H3,(H2,16,20,21)(H2,17,18,19,22). The molecule has 0 saturated carbocycles. The van der Waals surface area contributed by atoms with E-state index in [2.05, 4.69) is 22.5 Å². The summed E-state index contributed by atoms with van der Waals surface area (Å²) in [6, 6.07) is 6.10. The lowest BCUT2D eigenvalue weighted by Crippen LogP contribution is -2.19. The Morgan fingerprint density at radius 2 is 2.04 bits per heavy atom. The quantitative estimate of drug-likeness (QED) is 0.706. The zero-order valence-electron chi connectivity index (χ0n) is 13.1. The molecule has 0 bridgehead atoms. The minimum Gasteiger partial charge on any atom is -0.332 e. The maximum absolute atomic E-state index is 11.2. The van der Waals surface area contributed by atoms with Crippen LogP contribution in [0.5, 0.6) is 0 Å². The van der Waals surface area contributed by atoms with Crippen molar-refractivity contribution in [2.45, 2.75) is 31.1 Å². The average Bonchev–Trinajstić information content (AvgIpc) is 2.87. The van der Waals surface area contributed by atoms with E-state index < -0.39 is 10.0 Å². The van der Waals surface area contributed by atoms with Gasteiger partial charge in [-0.25, -0.2) is 18.5 Å². The third-order valence-corrected chi connectivity index (χ3v) is 6.02. The molecule has 0 amide bonds. The molecule has 1 aromatic heterocycles. The second-order valence-corrected chi connectivity index (χ2v) is 8.94. The maximum atomic E-state index is 11.2. The first-order valence-corrected chi connectivity index (χ1v) is 10.3. The number of rotatable bonds is 3. The number of nitrogens with two attached hydrogens (primary N) is 1. The molecule has 3 rings (SSSR count). The molecule has 1 aliphatic carbocycles. The molecule has 1 heterocycles.